The van der Waals surface area contributed by atoms with Crippen LogP contribution in [-0.2, 0) is 19.6 Å². The number of para-hydroxylation sites is 1. The lowest BCUT2D eigenvalue weighted by molar-refractivity contribution is -0.120. The normalized spacial score (nSPS) is 15.5. The van der Waals surface area contributed by atoms with E-state index >= 15 is 0 Å². The van der Waals surface area contributed by atoms with Gasteiger partial charge in [-0.2, -0.15) is 4.31 Å². The van der Waals surface area contributed by atoms with Crippen molar-refractivity contribution in [2.24, 2.45) is 5.92 Å². The molecule has 160 valence electrons. The maximum atomic E-state index is 12.8. The highest BCUT2D eigenvalue weighted by molar-refractivity contribution is 7.89. The quantitative estimate of drug-likeness (QED) is 0.679. The van der Waals surface area contributed by atoms with Gasteiger partial charge in [-0.3, -0.25) is 4.79 Å². The van der Waals surface area contributed by atoms with Crippen molar-refractivity contribution in [1.82, 2.24) is 4.31 Å². The number of nitrogens with zero attached hydrogens (tertiary/aromatic N) is 1. The lowest BCUT2D eigenvalue weighted by atomic mass is 9.97. The first-order valence-corrected chi connectivity index (χ1v) is 11.5. The van der Waals surface area contributed by atoms with Crippen molar-refractivity contribution >= 4 is 39.2 Å². The molecule has 0 saturated carbocycles. The molecule has 1 N–H and O–H groups in total. The van der Waals surface area contributed by atoms with E-state index in [1.54, 1.807) is 31.2 Å². The molecule has 7 nitrogen and oxygen atoms in total. The summed E-state index contributed by atoms with van der Waals surface area (Å²) in [4.78, 5) is 25.0. The molecule has 0 bridgehead atoms. The summed E-state index contributed by atoms with van der Waals surface area (Å²) in [5.74, 6) is -1.09. The average molecular weight is 451 g/mol. The molecule has 1 aliphatic heterocycles. The SMILES string of the molecule is CCOC(=O)c1ccccc1NC(=O)C1CCN(S(=O)(=O)c2ccc(Cl)cc2)CC1. The van der Waals surface area contributed by atoms with Crippen LogP contribution in [-0.4, -0.2) is 44.3 Å². The third-order valence-corrected chi connectivity index (χ3v) is 7.12. The molecule has 1 fully saturated rings. The molecule has 3 rings (SSSR count). The summed E-state index contributed by atoms with van der Waals surface area (Å²) in [6, 6.07) is 12.7. The van der Waals surface area contributed by atoms with Crippen molar-refractivity contribution < 1.29 is 22.7 Å². The number of esters is 1. The van der Waals surface area contributed by atoms with E-state index in [1.165, 1.54) is 28.6 Å². The molecule has 0 atom stereocenters. The fourth-order valence-electron chi connectivity index (χ4n) is 3.33. The third-order valence-electron chi connectivity index (χ3n) is 4.96. The summed E-state index contributed by atoms with van der Waals surface area (Å²) >= 11 is 5.83. The van der Waals surface area contributed by atoms with Crippen LogP contribution in [0.2, 0.25) is 5.02 Å². The number of rotatable bonds is 6. The van der Waals surface area contributed by atoms with Gasteiger partial charge in [0.2, 0.25) is 15.9 Å². The van der Waals surface area contributed by atoms with E-state index in [0.29, 0.717) is 23.6 Å². The minimum absolute atomic E-state index is 0.179. The number of hydrogen-bond donors (Lipinski definition) is 1. The van der Waals surface area contributed by atoms with Crippen LogP contribution in [0.5, 0.6) is 0 Å². The Labute approximate surface area is 181 Å². The number of carbonyl (C=O) groups excluding carboxylic acids is 2. The van der Waals surface area contributed by atoms with E-state index in [9.17, 15) is 18.0 Å². The Hall–Kier alpha value is -2.42. The van der Waals surface area contributed by atoms with Crippen molar-refractivity contribution in [1.29, 1.82) is 0 Å². The number of benzene rings is 2. The first kappa shape index (κ1) is 22.3. The molecule has 1 heterocycles. The maximum absolute atomic E-state index is 12.8. The number of amides is 1. The van der Waals surface area contributed by atoms with Gasteiger partial charge < -0.3 is 10.1 Å². The van der Waals surface area contributed by atoms with Gasteiger partial charge in [0.25, 0.3) is 0 Å². The summed E-state index contributed by atoms with van der Waals surface area (Å²) in [5, 5.41) is 3.25. The van der Waals surface area contributed by atoms with Crippen molar-refractivity contribution in [2.75, 3.05) is 25.0 Å². The number of ether oxygens (including phenoxy) is 1. The Kier molecular flexibility index (Phi) is 7.12. The highest BCUT2D eigenvalue weighted by atomic mass is 35.5. The van der Waals surface area contributed by atoms with Gasteiger partial charge in [-0.05, 0) is 56.2 Å². The molecule has 1 aliphatic rings. The summed E-state index contributed by atoms with van der Waals surface area (Å²) in [6.45, 7) is 2.43. The maximum Gasteiger partial charge on any atom is 0.340 e. The number of piperidine rings is 1. The zero-order valence-electron chi connectivity index (χ0n) is 16.5. The highest BCUT2D eigenvalue weighted by Crippen LogP contribution is 2.26. The Balaban J connectivity index is 1.64. The second-order valence-corrected chi connectivity index (χ2v) is 9.26. The molecular weight excluding hydrogens is 428 g/mol. The van der Waals surface area contributed by atoms with E-state index in [2.05, 4.69) is 5.32 Å². The van der Waals surface area contributed by atoms with Gasteiger partial charge in [-0.15, -0.1) is 0 Å². The van der Waals surface area contributed by atoms with E-state index in [4.69, 9.17) is 16.3 Å². The molecule has 1 amide bonds. The fourth-order valence-corrected chi connectivity index (χ4v) is 4.92. The van der Waals surface area contributed by atoms with Gasteiger partial charge in [-0.25, -0.2) is 13.2 Å². The van der Waals surface area contributed by atoms with E-state index < -0.39 is 16.0 Å². The minimum atomic E-state index is -3.63. The molecule has 1 saturated heterocycles. The molecule has 2 aromatic carbocycles. The molecule has 0 radical (unpaired) electrons. The number of sulfonamides is 1. The van der Waals surface area contributed by atoms with Crippen LogP contribution in [0.25, 0.3) is 0 Å². The predicted molar refractivity (Wildman–Crippen MR) is 114 cm³/mol. The summed E-state index contributed by atoms with van der Waals surface area (Å²) in [6.07, 6.45) is 0.778. The average Bonchev–Trinajstić information content (AvgIpc) is 2.74. The number of carbonyl (C=O) groups is 2. The first-order valence-electron chi connectivity index (χ1n) is 9.65. The monoisotopic (exact) mass is 450 g/mol. The lowest BCUT2D eigenvalue weighted by Crippen LogP contribution is -2.41. The Morgan fingerprint density at radius 2 is 1.73 bits per heavy atom. The number of halogens is 1. The number of hydrogen-bond acceptors (Lipinski definition) is 5. The van der Waals surface area contributed by atoms with Gasteiger partial charge in [-0.1, -0.05) is 23.7 Å². The van der Waals surface area contributed by atoms with Crippen LogP contribution in [0.4, 0.5) is 5.69 Å². The van der Waals surface area contributed by atoms with Gasteiger partial charge in [0.05, 0.1) is 22.8 Å². The summed E-state index contributed by atoms with van der Waals surface area (Å²) in [5.41, 5.74) is 0.674. The molecule has 2 aromatic rings. The molecule has 9 heteroatoms. The van der Waals surface area contributed by atoms with Crippen LogP contribution in [0.1, 0.15) is 30.1 Å². The smallest absolute Gasteiger partial charge is 0.340 e. The third kappa shape index (κ3) is 5.00. The second-order valence-electron chi connectivity index (χ2n) is 6.89. The molecular formula is C21H23ClN2O5S. The predicted octanol–water partition coefficient (Wildman–Crippen LogP) is 3.56. The molecule has 0 unspecified atom stereocenters. The van der Waals surface area contributed by atoms with Crippen molar-refractivity contribution in [3.05, 3.63) is 59.1 Å². The standard InChI is InChI=1S/C21H23ClN2O5S/c1-2-29-21(26)18-5-3-4-6-19(18)23-20(25)15-11-13-24(14-12-15)30(27,28)17-9-7-16(22)8-10-17/h3-10,15H,2,11-14H2,1H3,(H,23,25). The number of nitrogens with one attached hydrogen (secondary N) is 1. The molecule has 0 aliphatic carbocycles. The van der Waals surface area contributed by atoms with Crippen molar-refractivity contribution in [3.8, 4) is 0 Å². The summed E-state index contributed by atoms with van der Waals surface area (Å²) < 4.78 is 32.0. The van der Waals surface area contributed by atoms with Gasteiger partial charge in [0.15, 0.2) is 0 Å². The van der Waals surface area contributed by atoms with Gasteiger partial charge in [0, 0.05) is 24.0 Å². The molecule has 30 heavy (non-hydrogen) atoms. The topological polar surface area (TPSA) is 92.8 Å². The van der Waals surface area contributed by atoms with E-state index in [0.717, 1.165) is 0 Å². The van der Waals surface area contributed by atoms with Gasteiger partial charge >= 0.3 is 5.97 Å². The zero-order valence-corrected chi connectivity index (χ0v) is 18.1. The van der Waals surface area contributed by atoms with Crippen LogP contribution < -0.4 is 5.32 Å². The van der Waals surface area contributed by atoms with Crippen LogP contribution in [0.15, 0.2) is 53.4 Å². The molecule has 0 spiro atoms. The Morgan fingerprint density at radius 3 is 2.37 bits per heavy atom. The highest BCUT2D eigenvalue weighted by Gasteiger charge is 2.32. The van der Waals surface area contributed by atoms with Crippen molar-refractivity contribution in [2.45, 2.75) is 24.7 Å². The van der Waals surface area contributed by atoms with E-state index in [1.807, 2.05) is 0 Å². The second kappa shape index (κ2) is 9.59. The zero-order chi connectivity index (χ0) is 21.7. The summed E-state index contributed by atoms with van der Waals surface area (Å²) in [7, 11) is -3.63. The van der Waals surface area contributed by atoms with Crippen LogP contribution in [0, 0.1) is 5.92 Å². The Morgan fingerprint density at radius 1 is 1.10 bits per heavy atom. The minimum Gasteiger partial charge on any atom is -0.462 e. The largest absolute Gasteiger partial charge is 0.462 e. The lowest BCUT2D eigenvalue weighted by Gasteiger charge is -2.30. The first-order chi connectivity index (χ1) is 14.3. The van der Waals surface area contributed by atoms with E-state index in [-0.39, 0.29) is 42.0 Å². The van der Waals surface area contributed by atoms with Crippen LogP contribution >= 0.6 is 11.6 Å². The Bertz CT molecular complexity index is 1020. The fraction of sp³-hybridized carbons (Fsp3) is 0.333. The van der Waals surface area contributed by atoms with Crippen molar-refractivity contribution in [3.63, 3.8) is 0 Å². The molecule has 0 aromatic heterocycles. The van der Waals surface area contributed by atoms with Crippen LogP contribution in [0.3, 0.4) is 0 Å². The number of anilines is 1. The van der Waals surface area contributed by atoms with Gasteiger partial charge in [0.1, 0.15) is 0 Å².